The third kappa shape index (κ3) is 4.23. The summed E-state index contributed by atoms with van der Waals surface area (Å²) < 4.78 is 1.79. The summed E-state index contributed by atoms with van der Waals surface area (Å²) in [5.41, 5.74) is 4.97. The number of nitrogens with zero attached hydrogens (tertiary/aromatic N) is 5. The molecule has 1 aliphatic rings. The van der Waals surface area contributed by atoms with E-state index in [1.165, 1.54) is 0 Å². The number of nitriles is 1. The zero-order chi connectivity index (χ0) is 22.0. The molecule has 0 unspecified atom stereocenters. The molecule has 3 aromatic rings. The average molecular weight is 432 g/mol. The van der Waals surface area contributed by atoms with Crippen molar-refractivity contribution in [3.63, 3.8) is 0 Å². The number of amides is 1. The van der Waals surface area contributed by atoms with E-state index in [2.05, 4.69) is 18.0 Å². The SMILES string of the molecule is C/N=C/c1ccc(CN2C[C@H](C)n3nc(-c4ccc(Cl)cc4CC#N)cc3C2=O)cc1. The summed E-state index contributed by atoms with van der Waals surface area (Å²) in [6.45, 7) is 3.17. The second-order valence-corrected chi connectivity index (χ2v) is 8.10. The molecule has 0 bridgehead atoms. The summed E-state index contributed by atoms with van der Waals surface area (Å²) in [6, 6.07) is 17.5. The fraction of sp³-hybridized carbons (Fsp3) is 0.250. The van der Waals surface area contributed by atoms with Gasteiger partial charge < -0.3 is 4.90 Å². The third-order valence-electron chi connectivity index (χ3n) is 5.39. The number of halogens is 1. The Morgan fingerprint density at radius 3 is 2.74 bits per heavy atom. The summed E-state index contributed by atoms with van der Waals surface area (Å²) in [4.78, 5) is 19.1. The maximum atomic E-state index is 13.2. The van der Waals surface area contributed by atoms with Gasteiger partial charge in [-0.25, -0.2) is 0 Å². The lowest BCUT2D eigenvalue weighted by molar-refractivity contribution is 0.0651. The minimum Gasteiger partial charge on any atom is -0.331 e. The van der Waals surface area contributed by atoms with Crippen molar-refractivity contribution in [1.29, 1.82) is 5.26 Å². The van der Waals surface area contributed by atoms with E-state index in [1.807, 2.05) is 41.3 Å². The van der Waals surface area contributed by atoms with Gasteiger partial charge in [0.15, 0.2) is 0 Å². The molecule has 0 radical (unpaired) electrons. The number of carbonyl (C=O) groups excluding carboxylic acids is 1. The fourth-order valence-corrected chi connectivity index (χ4v) is 4.12. The zero-order valence-corrected chi connectivity index (χ0v) is 18.2. The highest BCUT2D eigenvalue weighted by Gasteiger charge is 2.31. The summed E-state index contributed by atoms with van der Waals surface area (Å²) in [7, 11) is 1.74. The molecule has 1 atom stereocenters. The average Bonchev–Trinajstić information content (AvgIpc) is 3.20. The van der Waals surface area contributed by atoms with Gasteiger partial charge in [-0.2, -0.15) is 10.4 Å². The Bertz CT molecular complexity index is 1190. The Hall–Kier alpha value is -3.43. The van der Waals surface area contributed by atoms with E-state index in [0.29, 0.717) is 29.5 Å². The van der Waals surface area contributed by atoms with Crippen molar-refractivity contribution in [2.45, 2.75) is 25.9 Å². The molecular formula is C24H22ClN5O. The standard InChI is InChI=1S/C24H22ClN5O/c1-16-14-29(15-18-5-3-17(4-6-18)13-27-2)24(31)23-12-22(28-30(16)23)21-8-7-20(25)11-19(21)9-10-26/h3-8,11-13,16H,9,14-15H2,1-2H3/b27-13+/t16-/m0/s1. The highest BCUT2D eigenvalue weighted by Crippen LogP contribution is 2.30. The predicted molar refractivity (Wildman–Crippen MR) is 121 cm³/mol. The molecule has 1 aliphatic heterocycles. The van der Waals surface area contributed by atoms with Gasteiger partial charge in [0, 0.05) is 36.9 Å². The normalized spacial score (nSPS) is 15.9. The van der Waals surface area contributed by atoms with Crippen LogP contribution in [0.3, 0.4) is 0 Å². The van der Waals surface area contributed by atoms with Gasteiger partial charge in [-0.15, -0.1) is 0 Å². The number of fused-ring (bicyclic) bond motifs is 1. The van der Waals surface area contributed by atoms with Crippen LogP contribution < -0.4 is 0 Å². The zero-order valence-electron chi connectivity index (χ0n) is 17.4. The molecule has 0 spiro atoms. The molecule has 1 aromatic heterocycles. The Morgan fingerprint density at radius 2 is 2.03 bits per heavy atom. The first-order valence-corrected chi connectivity index (χ1v) is 10.4. The second-order valence-electron chi connectivity index (χ2n) is 7.66. The van der Waals surface area contributed by atoms with Crippen LogP contribution in [0.2, 0.25) is 5.02 Å². The van der Waals surface area contributed by atoms with Gasteiger partial charge in [-0.05, 0) is 41.8 Å². The Balaban J connectivity index is 1.62. The molecule has 0 saturated carbocycles. The molecular weight excluding hydrogens is 410 g/mol. The minimum absolute atomic E-state index is 0.0414. The van der Waals surface area contributed by atoms with Gasteiger partial charge in [0.2, 0.25) is 0 Å². The van der Waals surface area contributed by atoms with Crippen molar-refractivity contribution >= 4 is 23.7 Å². The van der Waals surface area contributed by atoms with Crippen LogP contribution in [0.5, 0.6) is 0 Å². The number of hydrogen-bond donors (Lipinski definition) is 0. The van der Waals surface area contributed by atoms with Gasteiger partial charge >= 0.3 is 0 Å². The van der Waals surface area contributed by atoms with Crippen molar-refractivity contribution < 1.29 is 4.79 Å². The Kier molecular flexibility index (Phi) is 5.88. The molecule has 1 amide bonds. The van der Waals surface area contributed by atoms with E-state index in [9.17, 15) is 4.79 Å². The van der Waals surface area contributed by atoms with Crippen LogP contribution in [0.1, 0.15) is 40.1 Å². The molecule has 4 rings (SSSR count). The molecule has 31 heavy (non-hydrogen) atoms. The highest BCUT2D eigenvalue weighted by molar-refractivity contribution is 6.30. The number of carbonyl (C=O) groups is 1. The van der Waals surface area contributed by atoms with E-state index in [4.69, 9.17) is 22.0 Å². The van der Waals surface area contributed by atoms with Gasteiger partial charge in [-0.1, -0.05) is 41.9 Å². The number of rotatable bonds is 5. The molecule has 0 aliphatic carbocycles. The Morgan fingerprint density at radius 1 is 1.26 bits per heavy atom. The molecule has 6 nitrogen and oxygen atoms in total. The van der Waals surface area contributed by atoms with Crippen LogP contribution in [-0.2, 0) is 13.0 Å². The lowest BCUT2D eigenvalue weighted by Crippen LogP contribution is -2.41. The minimum atomic E-state index is -0.0492. The first-order chi connectivity index (χ1) is 15.0. The van der Waals surface area contributed by atoms with Crippen LogP contribution in [0.4, 0.5) is 0 Å². The van der Waals surface area contributed by atoms with Gasteiger partial charge in [0.25, 0.3) is 5.91 Å². The maximum Gasteiger partial charge on any atom is 0.272 e. The van der Waals surface area contributed by atoms with Crippen LogP contribution >= 0.6 is 11.6 Å². The maximum absolute atomic E-state index is 13.2. The lowest BCUT2D eigenvalue weighted by Gasteiger charge is -2.31. The van der Waals surface area contributed by atoms with Gasteiger partial charge in [0.05, 0.1) is 24.2 Å². The monoisotopic (exact) mass is 431 g/mol. The first-order valence-electron chi connectivity index (χ1n) is 10.1. The summed E-state index contributed by atoms with van der Waals surface area (Å²) >= 11 is 6.11. The number of hydrogen-bond acceptors (Lipinski definition) is 4. The van der Waals surface area contributed by atoms with Crippen LogP contribution in [-0.4, -0.2) is 40.4 Å². The molecule has 0 fully saturated rings. The lowest BCUT2D eigenvalue weighted by atomic mass is 10.0. The van der Waals surface area contributed by atoms with Crippen molar-refractivity contribution in [3.05, 3.63) is 75.9 Å². The molecule has 2 aromatic carbocycles. The van der Waals surface area contributed by atoms with Crippen LogP contribution in [0.25, 0.3) is 11.3 Å². The summed E-state index contributed by atoms with van der Waals surface area (Å²) in [6.07, 6.45) is 2.03. The molecule has 7 heteroatoms. The fourth-order valence-electron chi connectivity index (χ4n) is 3.92. The summed E-state index contributed by atoms with van der Waals surface area (Å²) in [5, 5.41) is 14.4. The smallest absolute Gasteiger partial charge is 0.272 e. The molecule has 0 saturated heterocycles. The van der Waals surface area contributed by atoms with E-state index in [1.54, 1.807) is 30.1 Å². The van der Waals surface area contributed by atoms with Crippen molar-refractivity contribution in [2.75, 3.05) is 13.6 Å². The van der Waals surface area contributed by atoms with Crippen molar-refractivity contribution in [1.82, 2.24) is 14.7 Å². The molecule has 2 heterocycles. The quantitative estimate of drug-likeness (QED) is 0.557. The topological polar surface area (TPSA) is 74.3 Å². The van der Waals surface area contributed by atoms with E-state index in [-0.39, 0.29) is 18.4 Å². The van der Waals surface area contributed by atoms with E-state index >= 15 is 0 Å². The van der Waals surface area contributed by atoms with E-state index in [0.717, 1.165) is 22.3 Å². The van der Waals surface area contributed by atoms with Gasteiger partial charge in [-0.3, -0.25) is 14.5 Å². The number of benzene rings is 2. The second kappa shape index (κ2) is 8.75. The first kappa shape index (κ1) is 20.8. The van der Waals surface area contributed by atoms with Crippen molar-refractivity contribution in [3.8, 4) is 17.3 Å². The van der Waals surface area contributed by atoms with Crippen molar-refractivity contribution in [2.24, 2.45) is 4.99 Å². The largest absolute Gasteiger partial charge is 0.331 e. The highest BCUT2D eigenvalue weighted by atomic mass is 35.5. The third-order valence-corrected chi connectivity index (χ3v) is 5.62. The molecule has 0 N–H and O–H groups in total. The molecule has 156 valence electrons. The van der Waals surface area contributed by atoms with Crippen LogP contribution in [0.15, 0.2) is 53.5 Å². The predicted octanol–water partition coefficient (Wildman–Crippen LogP) is 4.54. The van der Waals surface area contributed by atoms with Crippen LogP contribution in [0, 0.1) is 11.3 Å². The van der Waals surface area contributed by atoms with E-state index < -0.39 is 0 Å². The van der Waals surface area contributed by atoms with Gasteiger partial charge in [0.1, 0.15) is 5.69 Å². The number of aliphatic imine (C=N–C) groups is 1. The number of aromatic nitrogens is 2. The summed E-state index contributed by atoms with van der Waals surface area (Å²) in [5.74, 6) is -0.0492. The Labute approximate surface area is 186 Å².